The number of hydrogen-bond acceptors (Lipinski definition) is 1. The first-order valence-electron chi connectivity index (χ1n) is 8.15. The molecule has 2 aliphatic carbocycles. The summed E-state index contributed by atoms with van der Waals surface area (Å²) in [4.78, 5) is 0. The van der Waals surface area contributed by atoms with Gasteiger partial charge in [0, 0.05) is 12.0 Å². The molecule has 1 aromatic rings. The highest BCUT2D eigenvalue weighted by Crippen LogP contribution is 2.46. The van der Waals surface area contributed by atoms with E-state index in [-0.39, 0.29) is 0 Å². The minimum Gasteiger partial charge on any atom is -0.330 e. The van der Waals surface area contributed by atoms with E-state index in [1.54, 1.807) is 11.1 Å². The van der Waals surface area contributed by atoms with E-state index >= 15 is 0 Å². The van der Waals surface area contributed by atoms with Gasteiger partial charge in [-0.05, 0) is 49.1 Å². The Bertz CT molecular complexity index is 417. The van der Waals surface area contributed by atoms with Crippen molar-refractivity contribution in [1.29, 1.82) is 0 Å². The Kier molecular flexibility index (Phi) is 3.93. The highest BCUT2D eigenvalue weighted by molar-refractivity contribution is 5.38. The molecule has 104 valence electrons. The van der Waals surface area contributed by atoms with E-state index in [2.05, 4.69) is 24.3 Å². The molecule has 1 saturated carbocycles. The van der Waals surface area contributed by atoms with E-state index in [0.29, 0.717) is 5.41 Å². The summed E-state index contributed by atoms with van der Waals surface area (Å²) in [6, 6.07) is 9.10. The molecule has 19 heavy (non-hydrogen) atoms. The summed E-state index contributed by atoms with van der Waals surface area (Å²) in [5, 5.41) is 0. The number of benzene rings is 1. The summed E-state index contributed by atoms with van der Waals surface area (Å²) >= 11 is 0. The van der Waals surface area contributed by atoms with Gasteiger partial charge in [0.25, 0.3) is 0 Å². The number of fused-ring (bicyclic) bond motifs is 1. The van der Waals surface area contributed by atoms with Crippen molar-refractivity contribution >= 4 is 0 Å². The first kappa shape index (κ1) is 13.2. The van der Waals surface area contributed by atoms with Crippen LogP contribution in [0, 0.1) is 5.92 Å². The monoisotopic (exact) mass is 257 g/mol. The van der Waals surface area contributed by atoms with Gasteiger partial charge < -0.3 is 5.73 Å². The van der Waals surface area contributed by atoms with Gasteiger partial charge in [-0.1, -0.05) is 49.9 Å². The average molecular weight is 257 g/mol. The zero-order valence-corrected chi connectivity index (χ0v) is 12.0. The number of hydrogen-bond donors (Lipinski definition) is 1. The van der Waals surface area contributed by atoms with Gasteiger partial charge in [-0.15, -0.1) is 0 Å². The van der Waals surface area contributed by atoms with Crippen LogP contribution >= 0.6 is 0 Å². The van der Waals surface area contributed by atoms with Crippen molar-refractivity contribution in [3.05, 3.63) is 35.4 Å². The second kappa shape index (κ2) is 5.66. The molecule has 0 saturated heterocycles. The van der Waals surface area contributed by atoms with Crippen molar-refractivity contribution in [3.8, 4) is 0 Å². The lowest BCUT2D eigenvalue weighted by atomic mass is 9.61. The molecule has 0 aliphatic heterocycles. The lowest BCUT2D eigenvalue weighted by Gasteiger charge is -2.44. The van der Waals surface area contributed by atoms with Gasteiger partial charge in [0.2, 0.25) is 0 Å². The van der Waals surface area contributed by atoms with Crippen LogP contribution in [0.2, 0.25) is 0 Å². The smallest absolute Gasteiger partial charge is 0.0107 e. The highest BCUT2D eigenvalue weighted by atomic mass is 14.6. The summed E-state index contributed by atoms with van der Waals surface area (Å²) in [5.41, 5.74) is 9.79. The second-order valence-electron chi connectivity index (χ2n) is 6.56. The quantitative estimate of drug-likeness (QED) is 0.790. The van der Waals surface area contributed by atoms with E-state index in [1.807, 2.05) is 0 Å². The van der Waals surface area contributed by atoms with E-state index in [1.165, 1.54) is 57.8 Å². The third-order valence-corrected chi connectivity index (χ3v) is 5.62. The summed E-state index contributed by atoms with van der Waals surface area (Å²) in [5.74, 6) is 0.821. The predicted molar refractivity (Wildman–Crippen MR) is 81.3 cm³/mol. The van der Waals surface area contributed by atoms with Crippen molar-refractivity contribution in [2.75, 3.05) is 6.54 Å². The van der Waals surface area contributed by atoms with Crippen molar-refractivity contribution in [3.63, 3.8) is 0 Å². The molecule has 0 amide bonds. The van der Waals surface area contributed by atoms with Gasteiger partial charge in [-0.2, -0.15) is 0 Å². The average Bonchev–Trinajstić information content (AvgIpc) is 2.76. The fourth-order valence-electron chi connectivity index (χ4n) is 4.59. The van der Waals surface area contributed by atoms with E-state index < -0.39 is 0 Å². The molecule has 0 aromatic heterocycles. The molecule has 1 nitrogen and oxygen atoms in total. The first-order chi connectivity index (χ1) is 9.37. The van der Waals surface area contributed by atoms with Gasteiger partial charge in [-0.25, -0.2) is 0 Å². The first-order valence-corrected chi connectivity index (χ1v) is 8.15. The van der Waals surface area contributed by atoms with Crippen molar-refractivity contribution in [2.24, 2.45) is 11.7 Å². The Hall–Kier alpha value is -0.820. The normalized spacial score (nSPS) is 28.7. The fraction of sp³-hybridized carbons (Fsp3) is 0.667. The highest BCUT2D eigenvalue weighted by Gasteiger charge is 2.41. The lowest BCUT2D eigenvalue weighted by Crippen LogP contribution is -2.44. The largest absolute Gasteiger partial charge is 0.330 e. The van der Waals surface area contributed by atoms with Crippen LogP contribution in [-0.4, -0.2) is 6.54 Å². The topological polar surface area (TPSA) is 26.0 Å². The molecule has 0 spiro atoms. The number of rotatable bonds is 2. The zero-order valence-electron chi connectivity index (χ0n) is 12.0. The third kappa shape index (κ3) is 2.33. The van der Waals surface area contributed by atoms with Crippen molar-refractivity contribution in [1.82, 2.24) is 0 Å². The Morgan fingerprint density at radius 1 is 1.00 bits per heavy atom. The molecule has 3 rings (SSSR count). The molecule has 2 aliphatic rings. The van der Waals surface area contributed by atoms with Crippen LogP contribution in [0.25, 0.3) is 0 Å². The summed E-state index contributed by atoms with van der Waals surface area (Å²) < 4.78 is 0. The molecule has 0 bridgehead atoms. The summed E-state index contributed by atoms with van der Waals surface area (Å²) in [6.07, 6.45) is 12.4. The molecular formula is C18H27N. The molecule has 1 heteroatoms. The SMILES string of the molecule is NCC1(C2CCCCCC2)CCCc2ccccc21. The number of aryl methyl sites for hydroxylation is 1. The molecule has 2 N–H and O–H groups in total. The van der Waals surface area contributed by atoms with E-state index in [0.717, 1.165) is 12.5 Å². The van der Waals surface area contributed by atoms with E-state index in [9.17, 15) is 0 Å². The van der Waals surface area contributed by atoms with Gasteiger partial charge >= 0.3 is 0 Å². The maximum Gasteiger partial charge on any atom is 0.0107 e. The van der Waals surface area contributed by atoms with Crippen LogP contribution in [0.1, 0.15) is 62.5 Å². The van der Waals surface area contributed by atoms with Crippen molar-refractivity contribution in [2.45, 2.75) is 63.2 Å². The Labute approximate surface area is 117 Å². The van der Waals surface area contributed by atoms with Gasteiger partial charge in [0.05, 0.1) is 0 Å². The van der Waals surface area contributed by atoms with Crippen LogP contribution < -0.4 is 5.73 Å². The van der Waals surface area contributed by atoms with Crippen LogP contribution in [0.4, 0.5) is 0 Å². The van der Waals surface area contributed by atoms with E-state index in [4.69, 9.17) is 5.73 Å². The molecule has 0 heterocycles. The minimum absolute atomic E-state index is 0.291. The molecule has 0 radical (unpaired) electrons. The van der Waals surface area contributed by atoms with Crippen LogP contribution in [0.5, 0.6) is 0 Å². The Balaban J connectivity index is 1.98. The second-order valence-corrected chi connectivity index (χ2v) is 6.56. The molecule has 1 fully saturated rings. The fourth-order valence-corrected chi connectivity index (χ4v) is 4.59. The summed E-state index contributed by atoms with van der Waals surface area (Å²) in [7, 11) is 0. The van der Waals surface area contributed by atoms with Gasteiger partial charge in [-0.3, -0.25) is 0 Å². The number of nitrogens with two attached hydrogens (primary N) is 1. The van der Waals surface area contributed by atoms with Gasteiger partial charge in [0.15, 0.2) is 0 Å². The zero-order chi connectivity index (χ0) is 13.1. The molecular weight excluding hydrogens is 230 g/mol. The van der Waals surface area contributed by atoms with Crippen LogP contribution in [0.3, 0.4) is 0 Å². The summed E-state index contributed by atoms with van der Waals surface area (Å²) in [6.45, 7) is 0.842. The van der Waals surface area contributed by atoms with Crippen LogP contribution in [-0.2, 0) is 11.8 Å². The minimum atomic E-state index is 0.291. The molecule has 1 unspecified atom stereocenters. The molecule has 1 aromatic carbocycles. The standard InChI is InChI=1S/C18H27N/c19-14-18(16-10-3-1-2-4-11-16)13-7-9-15-8-5-6-12-17(15)18/h5-6,8,12,16H,1-4,7,9-11,13-14,19H2. The maximum atomic E-state index is 6.33. The Morgan fingerprint density at radius 3 is 2.47 bits per heavy atom. The third-order valence-electron chi connectivity index (χ3n) is 5.62. The Morgan fingerprint density at radius 2 is 1.74 bits per heavy atom. The van der Waals surface area contributed by atoms with Gasteiger partial charge in [0.1, 0.15) is 0 Å². The van der Waals surface area contributed by atoms with Crippen molar-refractivity contribution < 1.29 is 0 Å². The lowest BCUT2D eigenvalue weighted by molar-refractivity contribution is 0.214. The van der Waals surface area contributed by atoms with Crippen LogP contribution in [0.15, 0.2) is 24.3 Å². The predicted octanol–water partition coefficient (Wildman–Crippen LogP) is 4.19. The molecule has 1 atom stereocenters. The maximum absolute atomic E-state index is 6.33.